The van der Waals surface area contributed by atoms with Crippen molar-refractivity contribution in [1.82, 2.24) is 14.9 Å². The van der Waals surface area contributed by atoms with E-state index in [9.17, 15) is 9.59 Å². The predicted molar refractivity (Wildman–Crippen MR) is 104 cm³/mol. The number of anilines is 1. The van der Waals surface area contributed by atoms with E-state index in [2.05, 4.69) is 15.6 Å². The van der Waals surface area contributed by atoms with Crippen molar-refractivity contribution in [2.24, 2.45) is 7.05 Å². The van der Waals surface area contributed by atoms with Gasteiger partial charge in [0.25, 0.3) is 5.91 Å². The van der Waals surface area contributed by atoms with Crippen LogP contribution in [0.5, 0.6) is 5.75 Å². The van der Waals surface area contributed by atoms with Gasteiger partial charge in [-0.05, 0) is 49.4 Å². The van der Waals surface area contributed by atoms with E-state index < -0.39 is 0 Å². The second-order valence-corrected chi connectivity index (χ2v) is 6.25. The van der Waals surface area contributed by atoms with Crippen LogP contribution < -0.4 is 15.4 Å². The van der Waals surface area contributed by atoms with Crippen LogP contribution in [-0.2, 0) is 11.8 Å². The molecule has 0 spiro atoms. The maximum atomic E-state index is 12.2. The molecule has 0 saturated carbocycles. The van der Waals surface area contributed by atoms with Gasteiger partial charge in [-0.3, -0.25) is 14.9 Å². The molecule has 27 heavy (non-hydrogen) atoms. The van der Waals surface area contributed by atoms with Gasteiger partial charge in [0.1, 0.15) is 5.75 Å². The molecular weight excluding hydrogens is 368 g/mol. The highest BCUT2D eigenvalue weighted by Gasteiger charge is 2.13. The molecule has 140 valence electrons. The second-order valence-electron chi connectivity index (χ2n) is 5.82. The van der Waals surface area contributed by atoms with E-state index in [0.29, 0.717) is 34.4 Å². The topological polar surface area (TPSA) is 85.2 Å². The standard InChI is InChI=1S/C19H19ClN4O3/c1-3-27-14-7-4-12(5-8-14)18(26)21-11-17(25)23-19-22-15-10-13(20)6-9-16(15)24(19)2/h4-10H,3,11H2,1-2H3,(H,21,26)(H,22,23,25). The molecule has 0 atom stereocenters. The number of halogens is 1. The van der Waals surface area contributed by atoms with Crippen LogP contribution in [0.3, 0.4) is 0 Å². The number of nitrogens with one attached hydrogen (secondary N) is 2. The van der Waals surface area contributed by atoms with E-state index in [1.54, 1.807) is 48.0 Å². The van der Waals surface area contributed by atoms with Crippen molar-refractivity contribution in [2.75, 3.05) is 18.5 Å². The lowest BCUT2D eigenvalue weighted by Crippen LogP contribution is -2.33. The Kier molecular flexibility index (Phi) is 5.61. The molecule has 2 N–H and O–H groups in total. The molecule has 1 aromatic heterocycles. The molecular formula is C19H19ClN4O3. The summed E-state index contributed by atoms with van der Waals surface area (Å²) >= 11 is 5.96. The van der Waals surface area contributed by atoms with Crippen LogP contribution in [0, 0.1) is 0 Å². The summed E-state index contributed by atoms with van der Waals surface area (Å²) in [6, 6.07) is 12.0. The number of hydrogen-bond donors (Lipinski definition) is 2. The van der Waals surface area contributed by atoms with E-state index in [1.807, 2.05) is 13.0 Å². The van der Waals surface area contributed by atoms with Crippen molar-refractivity contribution in [3.63, 3.8) is 0 Å². The molecule has 0 bridgehead atoms. The molecule has 0 unspecified atom stereocenters. The lowest BCUT2D eigenvalue weighted by molar-refractivity contribution is -0.115. The Morgan fingerprint density at radius 3 is 2.63 bits per heavy atom. The zero-order chi connectivity index (χ0) is 19.4. The molecule has 3 aromatic rings. The normalized spacial score (nSPS) is 10.6. The van der Waals surface area contributed by atoms with Crippen LogP contribution in [0.15, 0.2) is 42.5 Å². The van der Waals surface area contributed by atoms with E-state index >= 15 is 0 Å². The van der Waals surface area contributed by atoms with Gasteiger partial charge in [0.15, 0.2) is 0 Å². The van der Waals surface area contributed by atoms with Crippen LogP contribution >= 0.6 is 11.6 Å². The number of imidazole rings is 1. The third-order valence-corrected chi connectivity index (χ3v) is 4.17. The Bertz CT molecular complexity index is 983. The third-order valence-electron chi connectivity index (χ3n) is 3.93. The van der Waals surface area contributed by atoms with Crippen LogP contribution in [0.2, 0.25) is 5.02 Å². The first kappa shape index (κ1) is 18.7. The van der Waals surface area contributed by atoms with Gasteiger partial charge in [0.2, 0.25) is 11.9 Å². The van der Waals surface area contributed by atoms with Crippen molar-refractivity contribution in [2.45, 2.75) is 6.92 Å². The van der Waals surface area contributed by atoms with E-state index in [0.717, 1.165) is 5.52 Å². The summed E-state index contributed by atoms with van der Waals surface area (Å²) in [6.45, 7) is 2.27. The summed E-state index contributed by atoms with van der Waals surface area (Å²) < 4.78 is 7.08. The monoisotopic (exact) mass is 386 g/mol. The number of ether oxygens (including phenoxy) is 1. The highest BCUT2D eigenvalue weighted by Crippen LogP contribution is 2.21. The number of nitrogens with zero attached hydrogens (tertiary/aromatic N) is 2. The predicted octanol–water partition coefficient (Wildman–Crippen LogP) is 2.99. The first-order valence-electron chi connectivity index (χ1n) is 8.41. The number of aryl methyl sites for hydroxylation is 1. The molecule has 2 aromatic carbocycles. The van der Waals surface area contributed by atoms with Gasteiger partial charge in [0, 0.05) is 17.6 Å². The quantitative estimate of drug-likeness (QED) is 0.682. The van der Waals surface area contributed by atoms with Gasteiger partial charge in [-0.1, -0.05) is 11.6 Å². The maximum absolute atomic E-state index is 12.2. The van der Waals surface area contributed by atoms with Crippen LogP contribution in [0.25, 0.3) is 11.0 Å². The molecule has 7 nitrogen and oxygen atoms in total. The highest BCUT2D eigenvalue weighted by atomic mass is 35.5. The first-order chi connectivity index (χ1) is 13.0. The Balaban J connectivity index is 1.59. The lowest BCUT2D eigenvalue weighted by atomic mass is 10.2. The minimum absolute atomic E-state index is 0.171. The number of rotatable bonds is 6. The zero-order valence-corrected chi connectivity index (χ0v) is 15.7. The Morgan fingerprint density at radius 2 is 1.93 bits per heavy atom. The number of aromatic nitrogens is 2. The number of amides is 2. The first-order valence-corrected chi connectivity index (χ1v) is 8.78. The molecule has 0 radical (unpaired) electrons. The number of benzene rings is 2. The summed E-state index contributed by atoms with van der Waals surface area (Å²) in [5, 5.41) is 5.84. The van der Waals surface area contributed by atoms with Crippen LogP contribution in [0.1, 0.15) is 17.3 Å². The minimum atomic E-state index is -0.376. The van der Waals surface area contributed by atoms with Gasteiger partial charge in [-0.15, -0.1) is 0 Å². The van der Waals surface area contributed by atoms with Crippen molar-refractivity contribution in [3.05, 3.63) is 53.1 Å². The maximum Gasteiger partial charge on any atom is 0.251 e. The Morgan fingerprint density at radius 1 is 1.19 bits per heavy atom. The van der Waals surface area contributed by atoms with E-state index in [4.69, 9.17) is 16.3 Å². The van der Waals surface area contributed by atoms with E-state index in [-0.39, 0.29) is 18.4 Å². The van der Waals surface area contributed by atoms with Crippen molar-refractivity contribution >= 4 is 40.4 Å². The number of hydrogen-bond acceptors (Lipinski definition) is 4. The highest BCUT2D eigenvalue weighted by molar-refractivity contribution is 6.31. The number of fused-ring (bicyclic) bond motifs is 1. The average Bonchev–Trinajstić information content (AvgIpc) is 2.95. The fourth-order valence-corrected chi connectivity index (χ4v) is 2.75. The fourth-order valence-electron chi connectivity index (χ4n) is 2.59. The van der Waals surface area contributed by atoms with Gasteiger partial charge in [-0.2, -0.15) is 0 Å². The smallest absolute Gasteiger partial charge is 0.251 e. The molecule has 0 saturated heterocycles. The second kappa shape index (κ2) is 8.09. The van der Waals surface area contributed by atoms with Crippen molar-refractivity contribution in [3.8, 4) is 5.75 Å². The average molecular weight is 387 g/mol. The fraction of sp³-hybridized carbons (Fsp3) is 0.211. The molecule has 0 fully saturated rings. The van der Waals surface area contributed by atoms with Gasteiger partial charge in [0.05, 0.1) is 24.2 Å². The van der Waals surface area contributed by atoms with Crippen molar-refractivity contribution in [1.29, 1.82) is 0 Å². The summed E-state index contributed by atoms with van der Waals surface area (Å²) in [5.41, 5.74) is 1.97. The summed E-state index contributed by atoms with van der Waals surface area (Å²) in [7, 11) is 1.79. The number of carbonyl (C=O) groups is 2. The van der Waals surface area contributed by atoms with Crippen LogP contribution in [0.4, 0.5) is 5.95 Å². The lowest BCUT2D eigenvalue weighted by Gasteiger charge is -2.08. The summed E-state index contributed by atoms with van der Waals surface area (Å²) in [4.78, 5) is 28.7. The molecule has 1 heterocycles. The van der Waals surface area contributed by atoms with Crippen LogP contribution in [-0.4, -0.2) is 34.5 Å². The Hall–Kier alpha value is -3.06. The van der Waals surface area contributed by atoms with Gasteiger partial charge >= 0.3 is 0 Å². The summed E-state index contributed by atoms with van der Waals surface area (Å²) in [6.07, 6.45) is 0. The Labute approximate surface area is 161 Å². The minimum Gasteiger partial charge on any atom is -0.494 e. The van der Waals surface area contributed by atoms with E-state index in [1.165, 1.54) is 0 Å². The molecule has 0 aliphatic carbocycles. The molecule has 2 amide bonds. The third kappa shape index (κ3) is 4.38. The van der Waals surface area contributed by atoms with Gasteiger partial charge < -0.3 is 14.6 Å². The SMILES string of the molecule is CCOc1ccc(C(=O)NCC(=O)Nc2nc3cc(Cl)ccc3n2C)cc1. The molecule has 8 heteroatoms. The molecule has 3 rings (SSSR count). The zero-order valence-electron chi connectivity index (χ0n) is 15.0. The largest absolute Gasteiger partial charge is 0.494 e. The molecule has 0 aliphatic rings. The molecule has 0 aliphatic heterocycles. The number of carbonyl (C=O) groups excluding carboxylic acids is 2. The van der Waals surface area contributed by atoms with Gasteiger partial charge in [-0.25, -0.2) is 4.98 Å². The summed E-state index contributed by atoms with van der Waals surface area (Å²) in [5.74, 6) is 0.352. The van der Waals surface area contributed by atoms with Crippen molar-refractivity contribution < 1.29 is 14.3 Å².